The van der Waals surface area contributed by atoms with Crippen molar-refractivity contribution in [2.75, 3.05) is 11.9 Å². The third kappa shape index (κ3) is 3.61. The van der Waals surface area contributed by atoms with E-state index in [9.17, 15) is 9.90 Å². The summed E-state index contributed by atoms with van der Waals surface area (Å²) in [5, 5.41) is 15.5. The van der Waals surface area contributed by atoms with Gasteiger partial charge in [-0.05, 0) is 24.1 Å². The van der Waals surface area contributed by atoms with Gasteiger partial charge >= 0.3 is 6.03 Å². The highest BCUT2D eigenvalue weighted by molar-refractivity contribution is 5.89. The Morgan fingerprint density at radius 3 is 2.14 bits per heavy atom. The van der Waals surface area contributed by atoms with Crippen molar-refractivity contribution < 1.29 is 9.90 Å². The van der Waals surface area contributed by atoms with Crippen molar-refractivity contribution in [1.29, 1.82) is 0 Å². The van der Waals surface area contributed by atoms with Crippen LogP contribution in [0.15, 0.2) is 60.7 Å². The van der Waals surface area contributed by atoms with Gasteiger partial charge in [0.25, 0.3) is 0 Å². The lowest BCUT2D eigenvalue weighted by molar-refractivity contribution is 0.159. The Morgan fingerprint density at radius 2 is 1.62 bits per heavy atom. The Kier molecular flexibility index (Phi) is 4.95. The average molecular weight is 284 g/mol. The van der Waals surface area contributed by atoms with Gasteiger partial charge in [0.1, 0.15) is 0 Å². The maximum Gasteiger partial charge on any atom is 0.320 e. The molecule has 3 N–H and O–H groups in total. The van der Waals surface area contributed by atoms with Gasteiger partial charge in [0.2, 0.25) is 0 Å². The summed E-state index contributed by atoms with van der Waals surface area (Å²) in [5.41, 5.74) is 0.823. The molecular formula is C17H20N2O2. The number of hydrogen-bond donors (Lipinski definition) is 3. The summed E-state index contributed by atoms with van der Waals surface area (Å²) in [5.74, 6) is 0. The molecule has 0 aliphatic carbocycles. The van der Waals surface area contributed by atoms with Crippen LogP contribution < -0.4 is 10.6 Å². The van der Waals surface area contributed by atoms with Gasteiger partial charge in [0, 0.05) is 5.69 Å². The Labute approximate surface area is 124 Å². The standard InChI is InChI=1S/C17H20N2O2/c1-2-17(13-20,14-9-5-3-6-10-14)19-16(21)18-15-11-7-4-8-12-15/h3-12,20H,2,13H2,1H3,(H2,18,19,21)/t17-/m0/s1. The molecule has 0 aliphatic heterocycles. The zero-order valence-electron chi connectivity index (χ0n) is 12.0. The zero-order valence-corrected chi connectivity index (χ0v) is 12.0. The van der Waals surface area contributed by atoms with Gasteiger partial charge in [-0.15, -0.1) is 0 Å². The number of benzene rings is 2. The van der Waals surface area contributed by atoms with Gasteiger partial charge in [-0.2, -0.15) is 0 Å². The number of anilines is 1. The molecule has 0 bridgehead atoms. The van der Waals surface area contributed by atoms with Crippen molar-refractivity contribution in [3.8, 4) is 0 Å². The first-order valence-electron chi connectivity index (χ1n) is 7.01. The second-order valence-electron chi connectivity index (χ2n) is 4.90. The van der Waals surface area contributed by atoms with E-state index < -0.39 is 5.54 Å². The first kappa shape index (κ1) is 15.1. The molecule has 21 heavy (non-hydrogen) atoms. The molecule has 4 heteroatoms. The summed E-state index contributed by atoms with van der Waals surface area (Å²) in [6.45, 7) is 1.78. The van der Waals surface area contributed by atoms with E-state index in [2.05, 4.69) is 10.6 Å². The van der Waals surface area contributed by atoms with E-state index in [1.807, 2.05) is 67.6 Å². The first-order chi connectivity index (χ1) is 10.2. The molecule has 4 nitrogen and oxygen atoms in total. The summed E-state index contributed by atoms with van der Waals surface area (Å²) in [4.78, 5) is 12.2. The highest BCUT2D eigenvalue weighted by Crippen LogP contribution is 2.24. The van der Waals surface area contributed by atoms with Crippen LogP contribution in [0.3, 0.4) is 0 Å². The molecule has 0 radical (unpaired) electrons. The smallest absolute Gasteiger partial charge is 0.320 e. The fourth-order valence-corrected chi connectivity index (χ4v) is 2.27. The van der Waals surface area contributed by atoms with Crippen molar-refractivity contribution in [1.82, 2.24) is 5.32 Å². The number of para-hydroxylation sites is 1. The second kappa shape index (κ2) is 6.90. The van der Waals surface area contributed by atoms with Gasteiger partial charge < -0.3 is 15.7 Å². The molecule has 0 saturated carbocycles. The summed E-state index contributed by atoms with van der Waals surface area (Å²) in [6, 6.07) is 18.4. The molecule has 0 spiro atoms. The maximum atomic E-state index is 12.2. The summed E-state index contributed by atoms with van der Waals surface area (Å²) in [7, 11) is 0. The largest absolute Gasteiger partial charge is 0.394 e. The number of rotatable bonds is 5. The highest BCUT2D eigenvalue weighted by Gasteiger charge is 2.31. The van der Waals surface area contributed by atoms with Crippen molar-refractivity contribution >= 4 is 11.7 Å². The van der Waals surface area contributed by atoms with Crippen LogP contribution in [0.2, 0.25) is 0 Å². The van der Waals surface area contributed by atoms with Crippen LogP contribution in [0.4, 0.5) is 10.5 Å². The van der Waals surface area contributed by atoms with E-state index >= 15 is 0 Å². The summed E-state index contributed by atoms with van der Waals surface area (Å²) >= 11 is 0. The average Bonchev–Trinajstić information content (AvgIpc) is 2.54. The monoisotopic (exact) mass is 284 g/mol. The number of hydrogen-bond acceptors (Lipinski definition) is 2. The molecule has 0 aliphatic rings. The molecule has 0 aromatic heterocycles. The Hall–Kier alpha value is -2.33. The third-order valence-electron chi connectivity index (χ3n) is 3.58. The van der Waals surface area contributed by atoms with Gasteiger partial charge in [-0.25, -0.2) is 4.79 Å². The molecular weight excluding hydrogens is 264 g/mol. The molecule has 0 saturated heterocycles. The van der Waals surface area contributed by atoms with Crippen molar-refractivity contribution in [2.45, 2.75) is 18.9 Å². The van der Waals surface area contributed by atoms with Gasteiger partial charge in [-0.3, -0.25) is 0 Å². The lowest BCUT2D eigenvalue weighted by Crippen LogP contribution is -2.49. The molecule has 0 fully saturated rings. The van der Waals surface area contributed by atoms with Crippen LogP contribution in [-0.4, -0.2) is 17.7 Å². The minimum atomic E-state index is -0.778. The van der Waals surface area contributed by atoms with E-state index in [4.69, 9.17) is 0 Å². The molecule has 2 aromatic rings. The van der Waals surface area contributed by atoms with Gasteiger partial charge in [0.15, 0.2) is 0 Å². The van der Waals surface area contributed by atoms with Crippen LogP contribution in [0.5, 0.6) is 0 Å². The molecule has 0 unspecified atom stereocenters. The lowest BCUT2D eigenvalue weighted by atomic mass is 9.88. The van der Waals surface area contributed by atoms with Crippen LogP contribution in [0, 0.1) is 0 Å². The summed E-state index contributed by atoms with van der Waals surface area (Å²) < 4.78 is 0. The van der Waals surface area contributed by atoms with Crippen molar-refractivity contribution in [3.05, 3.63) is 66.2 Å². The molecule has 1 atom stereocenters. The Morgan fingerprint density at radius 1 is 1.05 bits per heavy atom. The number of nitrogens with one attached hydrogen (secondary N) is 2. The number of urea groups is 1. The molecule has 2 amide bonds. The highest BCUT2D eigenvalue weighted by atomic mass is 16.3. The number of carbonyl (C=O) groups excluding carboxylic acids is 1. The predicted molar refractivity (Wildman–Crippen MR) is 84.1 cm³/mol. The molecule has 110 valence electrons. The normalized spacial score (nSPS) is 13.2. The van der Waals surface area contributed by atoms with E-state index in [1.165, 1.54) is 0 Å². The number of aliphatic hydroxyl groups excluding tert-OH is 1. The van der Waals surface area contributed by atoms with Gasteiger partial charge in [-0.1, -0.05) is 55.5 Å². The first-order valence-corrected chi connectivity index (χ1v) is 7.01. The van der Waals surface area contributed by atoms with Crippen molar-refractivity contribution in [2.24, 2.45) is 0 Å². The van der Waals surface area contributed by atoms with E-state index in [0.29, 0.717) is 12.1 Å². The van der Waals surface area contributed by atoms with Crippen molar-refractivity contribution in [3.63, 3.8) is 0 Å². The van der Waals surface area contributed by atoms with Gasteiger partial charge in [0.05, 0.1) is 12.1 Å². The van der Waals surface area contributed by atoms with Crippen LogP contribution in [-0.2, 0) is 5.54 Å². The Balaban J connectivity index is 2.15. The van der Waals surface area contributed by atoms with Crippen LogP contribution in [0.1, 0.15) is 18.9 Å². The third-order valence-corrected chi connectivity index (χ3v) is 3.58. The summed E-state index contributed by atoms with van der Waals surface area (Å²) in [6.07, 6.45) is 0.593. The Bertz CT molecular complexity index is 566. The van der Waals surface area contributed by atoms with E-state index in [0.717, 1.165) is 5.56 Å². The molecule has 2 aromatic carbocycles. The fourth-order valence-electron chi connectivity index (χ4n) is 2.27. The van der Waals surface area contributed by atoms with Crippen LogP contribution >= 0.6 is 0 Å². The predicted octanol–water partition coefficient (Wildman–Crippen LogP) is 3.11. The number of carbonyl (C=O) groups is 1. The molecule has 2 rings (SSSR count). The minimum absolute atomic E-state index is 0.157. The zero-order chi connectivity index (χ0) is 15.1. The number of aliphatic hydroxyl groups is 1. The minimum Gasteiger partial charge on any atom is -0.394 e. The number of amides is 2. The van der Waals surface area contributed by atoms with Crippen LogP contribution in [0.25, 0.3) is 0 Å². The lowest BCUT2D eigenvalue weighted by Gasteiger charge is -2.32. The molecule has 0 heterocycles. The quantitative estimate of drug-likeness (QED) is 0.790. The van der Waals surface area contributed by atoms with E-state index in [1.54, 1.807) is 0 Å². The maximum absolute atomic E-state index is 12.2. The van der Waals surface area contributed by atoms with E-state index in [-0.39, 0.29) is 12.6 Å². The topological polar surface area (TPSA) is 61.4 Å². The SMILES string of the molecule is CC[C@@](CO)(NC(=O)Nc1ccccc1)c1ccccc1. The fraction of sp³-hybridized carbons (Fsp3) is 0.235. The second-order valence-corrected chi connectivity index (χ2v) is 4.90.